The van der Waals surface area contributed by atoms with E-state index in [9.17, 15) is 9.59 Å². The fourth-order valence-electron chi connectivity index (χ4n) is 2.76. The molecule has 0 radical (unpaired) electrons. The second kappa shape index (κ2) is 7.11. The summed E-state index contributed by atoms with van der Waals surface area (Å²) in [5.41, 5.74) is 2.33. The number of alkyl halides is 1. The number of rotatable bonds is 3. The Morgan fingerprint density at radius 3 is 2.15 bits per heavy atom. The highest BCUT2D eigenvalue weighted by Gasteiger charge is 2.23. The van der Waals surface area contributed by atoms with E-state index in [2.05, 4.69) is 15.9 Å². The number of carbonyl (C=O) groups excluding carboxylic acids is 1. The molecular weight excluding hydrogens is 396 g/mol. The van der Waals surface area contributed by atoms with Gasteiger partial charge in [0.1, 0.15) is 5.60 Å². The van der Waals surface area contributed by atoms with E-state index >= 15 is 0 Å². The van der Waals surface area contributed by atoms with Gasteiger partial charge in [-0.25, -0.2) is 9.59 Å². The first-order chi connectivity index (χ1) is 12.3. The van der Waals surface area contributed by atoms with Crippen LogP contribution in [-0.2, 0) is 16.6 Å². The molecule has 0 saturated carbocycles. The van der Waals surface area contributed by atoms with Gasteiger partial charge in [-0.15, -0.1) is 0 Å². The Morgan fingerprint density at radius 1 is 1.00 bits per heavy atom. The number of hydrogen-bond acceptors (Lipinski definition) is 3. The first-order valence-corrected chi connectivity index (χ1v) is 9.50. The van der Waals surface area contributed by atoms with Crippen molar-refractivity contribution in [1.82, 2.24) is 9.13 Å². The topological polar surface area (TPSA) is 53.2 Å². The Bertz CT molecular complexity index is 995. The lowest BCUT2D eigenvalue weighted by molar-refractivity contribution is 0.0537. The van der Waals surface area contributed by atoms with Gasteiger partial charge in [0.15, 0.2) is 0 Å². The average molecular weight is 417 g/mol. The molecule has 0 bridgehead atoms. The second-order valence-corrected chi connectivity index (χ2v) is 7.68. The Kier molecular flexibility index (Phi) is 5.05. The molecule has 0 unspecified atom stereocenters. The zero-order valence-corrected chi connectivity index (χ0v) is 16.6. The molecule has 6 heteroatoms. The Balaban J connectivity index is 2.07. The van der Waals surface area contributed by atoms with Crippen LogP contribution >= 0.6 is 15.9 Å². The lowest BCUT2D eigenvalue weighted by atomic mass is 10.1. The molecule has 0 aliphatic carbocycles. The standard InChI is InChI=1S/C20H21BrN2O3/c1-20(2,3)26-19(25)23-17-7-5-4-6-16(17)22(18(23)24)13-15-10-8-14(12-21)9-11-15/h4-11H,12-13H2,1-3H3. The average Bonchev–Trinajstić information content (AvgIpc) is 2.86. The fourth-order valence-corrected chi connectivity index (χ4v) is 3.14. The first-order valence-electron chi connectivity index (χ1n) is 8.37. The third-order valence-electron chi connectivity index (χ3n) is 3.93. The van der Waals surface area contributed by atoms with Crippen molar-refractivity contribution in [3.63, 3.8) is 0 Å². The lowest BCUT2D eigenvalue weighted by Gasteiger charge is -2.19. The third-order valence-corrected chi connectivity index (χ3v) is 4.58. The summed E-state index contributed by atoms with van der Waals surface area (Å²) in [6.45, 7) is 5.72. The van der Waals surface area contributed by atoms with Gasteiger partial charge in [-0.1, -0.05) is 52.3 Å². The van der Waals surface area contributed by atoms with Crippen LogP contribution in [0.25, 0.3) is 11.0 Å². The molecule has 0 amide bonds. The number of imidazole rings is 1. The van der Waals surface area contributed by atoms with E-state index in [1.54, 1.807) is 37.5 Å². The summed E-state index contributed by atoms with van der Waals surface area (Å²) in [5, 5.41) is 0.783. The number of benzene rings is 2. The number of carbonyl (C=O) groups is 1. The van der Waals surface area contributed by atoms with Crippen molar-refractivity contribution in [2.45, 2.75) is 38.2 Å². The van der Waals surface area contributed by atoms with Crippen LogP contribution < -0.4 is 5.69 Å². The predicted molar refractivity (Wildman–Crippen MR) is 106 cm³/mol. The number of halogens is 1. The van der Waals surface area contributed by atoms with E-state index in [0.29, 0.717) is 17.6 Å². The van der Waals surface area contributed by atoms with Crippen molar-refractivity contribution in [2.24, 2.45) is 0 Å². The maximum absolute atomic E-state index is 13.0. The van der Waals surface area contributed by atoms with Crippen molar-refractivity contribution in [3.8, 4) is 0 Å². The monoisotopic (exact) mass is 416 g/mol. The molecule has 0 spiro atoms. The van der Waals surface area contributed by atoms with Crippen LogP contribution in [0.15, 0.2) is 53.3 Å². The maximum Gasteiger partial charge on any atom is 0.423 e. The van der Waals surface area contributed by atoms with Gasteiger partial charge in [0.2, 0.25) is 0 Å². The zero-order chi connectivity index (χ0) is 18.9. The van der Waals surface area contributed by atoms with Gasteiger partial charge in [-0.05, 0) is 44.0 Å². The van der Waals surface area contributed by atoms with Crippen molar-refractivity contribution in [1.29, 1.82) is 0 Å². The summed E-state index contributed by atoms with van der Waals surface area (Å²) in [6.07, 6.45) is -0.660. The summed E-state index contributed by atoms with van der Waals surface area (Å²) in [7, 11) is 0. The van der Waals surface area contributed by atoms with Gasteiger partial charge in [-0.2, -0.15) is 4.57 Å². The summed E-state index contributed by atoms with van der Waals surface area (Å²) >= 11 is 3.43. The molecule has 2 aromatic carbocycles. The number of ether oxygens (including phenoxy) is 1. The second-order valence-electron chi connectivity index (χ2n) is 7.12. The molecule has 1 heterocycles. The summed E-state index contributed by atoms with van der Waals surface area (Å²) < 4.78 is 8.12. The summed E-state index contributed by atoms with van der Waals surface area (Å²) in [6, 6.07) is 15.3. The van der Waals surface area contributed by atoms with E-state index in [4.69, 9.17) is 4.74 Å². The normalized spacial score (nSPS) is 11.7. The van der Waals surface area contributed by atoms with E-state index in [0.717, 1.165) is 21.0 Å². The first kappa shape index (κ1) is 18.5. The number of hydrogen-bond donors (Lipinski definition) is 0. The Hall–Kier alpha value is -2.34. The van der Waals surface area contributed by atoms with Crippen molar-refractivity contribution >= 4 is 33.1 Å². The third kappa shape index (κ3) is 3.75. The van der Waals surface area contributed by atoms with Crippen molar-refractivity contribution in [2.75, 3.05) is 0 Å². The minimum absolute atomic E-state index is 0.387. The van der Waals surface area contributed by atoms with Crippen LogP contribution in [0.4, 0.5) is 4.79 Å². The molecule has 0 atom stereocenters. The lowest BCUT2D eigenvalue weighted by Crippen LogP contribution is -2.34. The molecule has 3 rings (SSSR count). The summed E-state index contributed by atoms with van der Waals surface area (Å²) in [4.78, 5) is 25.5. The molecule has 0 aliphatic rings. The maximum atomic E-state index is 13.0. The van der Waals surface area contributed by atoms with E-state index in [1.165, 1.54) is 0 Å². The fraction of sp³-hybridized carbons (Fsp3) is 0.300. The van der Waals surface area contributed by atoms with Crippen LogP contribution in [0.2, 0.25) is 0 Å². The van der Waals surface area contributed by atoms with Crippen LogP contribution in [0.3, 0.4) is 0 Å². The molecule has 1 aromatic heterocycles. The summed E-state index contributed by atoms with van der Waals surface area (Å²) in [5.74, 6) is 0. The largest absolute Gasteiger partial charge is 0.443 e. The SMILES string of the molecule is CC(C)(C)OC(=O)n1c(=O)n(Cc2ccc(CBr)cc2)c2ccccc21. The molecule has 26 heavy (non-hydrogen) atoms. The minimum Gasteiger partial charge on any atom is -0.443 e. The van der Waals surface area contributed by atoms with Gasteiger partial charge in [-0.3, -0.25) is 4.57 Å². The molecule has 0 N–H and O–H groups in total. The van der Waals surface area contributed by atoms with Crippen LogP contribution in [0, 0.1) is 0 Å². The van der Waals surface area contributed by atoms with Crippen LogP contribution in [0.5, 0.6) is 0 Å². The molecule has 0 saturated heterocycles. The van der Waals surface area contributed by atoms with E-state index < -0.39 is 17.4 Å². The predicted octanol–water partition coefficient (Wildman–Crippen LogP) is 4.53. The Morgan fingerprint density at radius 2 is 1.58 bits per heavy atom. The smallest absolute Gasteiger partial charge is 0.423 e. The Labute approximate surface area is 160 Å². The highest BCUT2D eigenvalue weighted by molar-refractivity contribution is 9.08. The van der Waals surface area contributed by atoms with Crippen LogP contribution in [0.1, 0.15) is 31.9 Å². The number of aromatic nitrogens is 2. The van der Waals surface area contributed by atoms with Crippen molar-refractivity contribution < 1.29 is 9.53 Å². The van der Waals surface area contributed by atoms with Gasteiger partial charge >= 0.3 is 11.8 Å². The highest BCUT2D eigenvalue weighted by atomic mass is 79.9. The molecule has 5 nitrogen and oxygen atoms in total. The van der Waals surface area contributed by atoms with Gasteiger partial charge in [0.25, 0.3) is 0 Å². The van der Waals surface area contributed by atoms with E-state index in [1.807, 2.05) is 36.4 Å². The zero-order valence-electron chi connectivity index (χ0n) is 15.0. The molecule has 0 fully saturated rings. The van der Waals surface area contributed by atoms with Crippen molar-refractivity contribution in [3.05, 3.63) is 70.1 Å². The van der Waals surface area contributed by atoms with Gasteiger partial charge in [0, 0.05) is 5.33 Å². The van der Waals surface area contributed by atoms with E-state index in [-0.39, 0.29) is 0 Å². The number of para-hydroxylation sites is 2. The van der Waals surface area contributed by atoms with Gasteiger partial charge < -0.3 is 4.74 Å². The quantitative estimate of drug-likeness (QED) is 0.589. The van der Waals surface area contributed by atoms with Crippen LogP contribution in [-0.4, -0.2) is 20.8 Å². The van der Waals surface area contributed by atoms with Gasteiger partial charge in [0.05, 0.1) is 17.6 Å². The molecular formula is C20H21BrN2O3. The molecule has 3 aromatic rings. The number of nitrogens with zero attached hydrogens (tertiary/aromatic N) is 2. The molecule has 136 valence electrons. The molecule has 0 aliphatic heterocycles. The number of fused-ring (bicyclic) bond motifs is 1. The highest BCUT2D eigenvalue weighted by Crippen LogP contribution is 2.17. The minimum atomic E-state index is -0.675.